The Morgan fingerprint density at radius 3 is 1.79 bits per heavy atom. The molecule has 43 heavy (non-hydrogen) atoms. The molecule has 0 spiro atoms. The van der Waals surface area contributed by atoms with E-state index in [-0.39, 0.29) is 23.8 Å². The van der Waals surface area contributed by atoms with Crippen LogP contribution in [0.1, 0.15) is 37.5 Å². The normalized spacial score (nSPS) is 12.3. The van der Waals surface area contributed by atoms with Gasteiger partial charge in [-0.3, -0.25) is 13.9 Å². The van der Waals surface area contributed by atoms with E-state index in [2.05, 4.69) is 5.32 Å². The van der Waals surface area contributed by atoms with Crippen LogP contribution in [0.4, 0.5) is 5.69 Å². The lowest BCUT2D eigenvalue weighted by Gasteiger charge is -2.35. The highest BCUT2D eigenvalue weighted by Crippen LogP contribution is 2.25. The van der Waals surface area contributed by atoms with Crippen LogP contribution in [0.2, 0.25) is 0 Å². The van der Waals surface area contributed by atoms with Crippen molar-refractivity contribution in [2.75, 3.05) is 10.8 Å². The van der Waals surface area contributed by atoms with E-state index in [1.165, 1.54) is 4.90 Å². The van der Waals surface area contributed by atoms with Crippen LogP contribution >= 0.6 is 0 Å². The number of para-hydroxylation sites is 1. The summed E-state index contributed by atoms with van der Waals surface area (Å²) in [5.41, 5.74) is 2.44. The van der Waals surface area contributed by atoms with E-state index in [9.17, 15) is 18.0 Å². The van der Waals surface area contributed by atoms with Gasteiger partial charge in [-0.05, 0) is 63.1 Å². The van der Waals surface area contributed by atoms with Gasteiger partial charge in [0.25, 0.3) is 10.0 Å². The number of aryl methyl sites for hydroxylation is 1. The first-order chi connectivity index (χ1) is 20.4. The topological polar surface area (TPSA) is 86.8 Å². The number of carbonyl (C=O) groups excluding carboxylic acids is 2. The molecule has 0 saturated carbocycles. The number of sulfonamides is 1. The molecule has 0 aromatic heterocycles. The van der Waals surface area contributed by atoms with E-state index >= 15 is 0 Å². The first-order valence-corrected chi connectivity index (χ1v) is 15.7. The zero-order chi connectivity index (χ0) is 31.0. The summed E-state index contributed by atoms with van der Waals surface area (Å²) in [6, 6.07) is 33.1. The molecule has 4 aromatic rings. The Morgan fingerprint density at radius 2 is 1.26 bits per heavy atom. The zero-order valence-electron chi connectivity index (χ0n) is 25.1. The molecule has 1 atom stereocenters. The van der Waals surface area contributed by atoms with Gasteiger partial charge in [0, 0.05) is 18.5 Å². The molecule has 0 bridgehead atoms. The maximum atomic E-state index is 14.4. The van der Waals surface area contributed by atoms with E-state index in [0.29, 0.717) is 5.69 Å². The third kappa shape index (κ3) is 8.55. The molecule has 8 heteroatoms. The van der Waals surface area contributed by atoms with Gasteiger partial charge in [0.1, 0.15) is 12.6 Å². The molecule has 0 radical (unpaired) electrons. The number of carbonyl (C=O) groups is 2. The smallest absolute Gasteiger partial charge is 0.264 e. The van der Waals surface area contributed by atoms with Crippen molar-refractivity contribution in [3.63, 3.8) is 0 Å². The first-order valence-electron chi connectivity index (χ1n) is 14.3. The van der Waals surface area contributed by atoms with Crippen molar-refractivity contribution < 1.29 is 18.0 Å². The molecule has 7 nitrogen and oxygen atoms in total. The SMILES string of the molecule is Cc1ccc(S(=O)(=O)N(CC(=O)N(Cc2ccccc2)[C@H](Cc2ccccc2)C(=O)NC(C)(C)C)c2ccccc2)cc1. The number of nitrogens with one attached hydrogen (secondary N) is 1. The van der Waals surface area contributed by atoms with E-state index in [1.54, 1.807) is 54.6 Å². The standard InChI is InChI=1S/C35H39N3O4S/c1-27-20-22-31(23-21-27)43(41,42)38(30-18-12-7-13-19-30)26-33(39)37(25-29-16-10-6-11-17-29)32(34(40)36-35(2,3)4)24-28-14-8-5-9-15-28/h5-23,32H,24-26H2,1-4H3,(H,36,40)/t32-/m1/s1. The maximum Gasteiger partial charge on any atom is 0.264 e. The Hall–Kier alpha value is -4.43. The van der Waals surface area contributed by atoms with Crippen LogP contribution in [0.3, 0.4) is 0 Å². The molecule has 1 N–H and O–H groups in total. The van der Waals surface area contributed by atoms with Crippen molar-refractivity contribution in [1.29, 1.82) is 0 Å². The number of anilines is 1. The molecule has 0 unspecified atom stereocenters. The van der Waals surface area contributed by atoms with Crippen LogP contribution < -0.4 is 9.62 Å². The van der Waals surface area contributed by atoms with Gasteiger partial charge in [-0.2, -0.15) is 0 Å². The molecular formula is C35H39N3O4S. The second-order valence-corrected chi connectivity index (χ2v) is 13.5. The highest BCUT2D eigenvalue weighted by atomic mass is 32.2. The fourth-order valence-electron chi connectivity index (χ4n) is 4.75. The minimum absolute atomic E-state index is 0.0793. The number of nitrogens with zero attached hydrogens (tertiary/aromatic N) is 2. The van der Waals surface area contributed by atoms with E-state index < -0.39 is 34.1 Å². The van der Waals surface area contributed by atoms with Crippen molar-refractivity contribution in [3.05, 3.63) is 132 Å². The van der Waals surface area contributed by atoms with Crippen molar-refractivity contribution in [1.82, 2.24) is 10.2 Å². The van der Waals surface area contributed by atoms with Crippen LogP contribution in [0.5, 0.6) is 0 Å². The Bertz CT molecular complexity index is 1600. The van der Waals surface area contributed by atoms with Crippen molar-refractivity contribution in [2.45, 2.75) is 57.1 Å². The quantitative estimate of drug-likeness (QED) is 0.239. The van der Waals surface area contributed by atoms with Gasteiger partial charge in [0.15, 0.2) is 0 Å². The van der Waals surface area contributed by atoms with Gasteiger partial charge in [-0.15, -0.1) is 0 Å². The number of hydrogen-bond donors (Lipinski definition) is 1. The minimum atomic E-state index is -4.12. The Balaban J connectivity index is 1.78. The maximum absolute atomic E-state index is 14.4. The molecule has 4 rings (SSSR count). The molecule has 2 amide bonds. The third-order valence-electron chi connectivity index (χ3n) is 6.90. The lowest BCUT2D eigenvalue weighted by molar-refractivity contribution is -0.140. The molecular weight excluding hydrogens is 558 g/mol. The summed E-state index contributed by atoms with van der Waals surface area (Å²) in [4.78, 5) is 29.9. The lowest BCUT2D eigenvalue weighted by atomic mass is 10.0. The van der Waals surface area contributed by atoms with Gasteiger partial charge in [0.05, 0.1) is 10.6 Å². The molecule has 224 valence electrons. The van der Waals surface area contributed by atoms with Gasteiger partial charge in [0.2, 0.25) is 11.8 Å². The molecule has 0 aliphatic carbocycles. The molecule has 4 aromatic carbocycles. The average Bonchev–Trinajstić information content (AvgIpc) is 2.98. The molecule has 0 fully saturated rings. The Morgan fingerprint density at radius 1 is 0.744 bits per heavy atom. The van der Waals surface area contributed by atoms with Crippen LogP contribution in [0.25, 0.3) is 0 Å². The van der Waals surface area contributed by atoms with Crippen LogP contribution in [-0.2, 0) is 32.6 Å². The van der Waals surface area contributed by atoms with E-state index in [0.717, 1.165) is 21.0 Å². The van der Waals surface area contributed by atoms with Crippen LogP contribution in [0, 0.1) is 6.92 Å². The lowest BCUT2D eigenvalue weighted by Crippen LogP contribution is -2.56. The number of benzene rings is 4. The van der Waals surface area contributed by atoms with Gasteiger partial charge in [-0.25, -0.2) is 8.42 Å². The summed E-state index contributed by atoms with van der Waals surface area (Å²) in [5, 5.41) is 3.04. The summed E-state index contributed by atoms with van der Waals surface area (Å²) in [6.45, 7) is 7.19. The number of hydrogen-bond acceptors (Lipinski definition) is 4. The predicted octanol–water partition coefficient (Wildman–Crippen LogP) is 5.75. The number of rotatable bonds is 11. The Kier molecular flexibility index (Phi) is 10.0. The summed E-state index contributed by atoms with van der Waals surface area (Å²) in [5.74, 6) is -0.804. The summed E-state index contributed by atoms with van der Waals surface area (Å²) in [6.07, 6.45) is 0.261. The fourth-order valence-corrected chi connectivity index (χ4v) is 6.16. The summed E-state index contributed by atoms with van der Waals surface area (Å²) >= 11 is 0. The average molecular weight is 598 g/mol. The minimum Gasteiger partial charge on any atom is -0.350 e. The van der Waals surface area contributed by atoms with Crippen molar-refractivity contribution in [3.8, 4) is 0 Å². The highest BCUT2D eigenvalue weighted by Gasteiger charge is 2.35. The van der Waals surface area contributed by atoms with Crippen molar-refractivity contribution in [2.24, 2.45) is 0 Å². The predicted molar refractivity (Wildman–Crippen MR) is 171 cm³/mol. The van der Waals surface area contributed by atoms with Gasteiger partial charge < -0.3 is 10.2 Å². The van der Waals surface area contributed by atoms with E-state index in [1.807, 2.05) is 88.4 Å². The molecule has 0 aliphatic heterocycles. The van der Waals surface area contributed by atoms with Gasteiger partial charge >= 0.3 is 0 Å². The third-order valence-corrected chi connectivity index (χ3v) is 8.69. The second kappa shape index (κ2) is 13.7. The molecule has 0 aliphatic rings. The summed E-state index contributed by atoms with van der Waals surface area (Å²) in [7, 11) is -4.12. The number of amides is 2. The van der Waals surface area contributed by atoms with Crippen molar-refractivity contribution >= 4 is 27.5 Å². The zero-order valence-corrected chi connectivity index (χ0v) is 25.9. The monoisotopic (exact) mass is 597 g/mol. The largest absolute Gasteiger partial charge is 0.350 e. The fraction of sp³-hybridized carbons (Fsp3) is 0.257. The molecule has 0 heterocycles. The Labute approximate surface area is 255 Å². The summed E-state index contributed by atoms with van der Waals surface area (Å²) < 4.78 is 29.2. The van der Waals surface area contributed by atoms with Gasteiger partial charge in [-0.1, -0.05) is 96.6 Å². The first kappa shape index (κ1) is 31.5. The van der Waals surface area contributed by atoms with E-state index in [4.69, 9.17) is 0 Å². The molecule has 0 saturated heterocycles. The highest BCUT2D eigenvalue weighted by molar-refractivity contribution is 7.92. The van der Waals surface area contributed by atoms with Crippen LogP contribution in [-0.4, -0.2) is 43.3 Å². The second-order valence-electron chi connectivity index (χ2n) is 11.6. The van der Waals surface area contributed by atoms with Crippen LogP contribution in [0.15, 0.2) is 120 Å².